The molecule has 0 bridgehead atoms. The Morgan fingerprint density at radius 2 is 2.28 bits per heavy atom. The SMILES string of the molecule is COCC1(C(=O)N(C)Cc2snnc2C)CCC1. The first-order valence-electron chi connectivity index (χ1n) is 6.11. The van der Waals surface area contributed by atoms with Crippen molar-refractivity contribution in [1.82, 2.24) is 14.5 Å². The molecule has 0 spiro atoms. The minimum Gasteiger partial charge on any atom is -0.384 e. The lowest BCUT2D eigenvalue weighted by molar-refractivity contribution is -0.151. The summed E-state index contributed by atoms with van der Waals surface area (Å²) in [6, 6.07) is 0. The molecule has 0 aromatic carbocycles. The summed E-state index contributed by atoms with van der Waals surface area (Å²) in [6.07, 6.45) is 2.98. The fourth-order valence-electron chi connectivity index (χ4n) is 2.39. The van der Waals surface area contributed by atoms with Crippen LogP contribution in [0.25, 0.3) is 0 Å². The molecule has 18 heavy (non-hydrogen) atoms. The lowest BCUT2D eigenvalue weighted by Gasteiger charge is -2.42. The van der Waals surface area contributed by atoms with Crippen molar-refractivity contribution >= 4 is 17.4 Å². The minimum atomic E-state index is -0.282. The van der Waals surface area contributed by atoms with Crippen molar-refractivity contribution < 1.29 is 9.53 Å². The quantitative estimate of drug-likeness (QED) is 0.815. The zero-order valence-corrected chi connectivity index (χ0v) is 11.9. The van der Waals surface area contributed by atoms with Crippen molar-refractivity contribution in [2.45, 2.75) is 32.7 Å². The molecule has 0 atom stereocenters. The highest BCUT2D eigenvalue weighted by molar-refractivity contribution is 7.05. The van der Waals surface area contributed by atoms with E-state index in [1.54, 1.807) is 12.0 Å². The van der Waals surface area contributed by atoms with Crippen molar-refractivity contribution in [2.75, 3.05) is 20.8 Å². The fourth-order valence-corrected chi connectivity index (χ4v) is 3.07. The summed E-state index contributed by atoms with van der Waals surface area (Å²) in [5.41, 5.74) is 0.629. The Labute approximate surface area is 111 Å². The number of hydrogen-bond donors (Lipinski definition) is 0. The molecule has 1 aliphatic rings. The highest BCUT2D eigenvalue weighted by atomic mass is 32.1. The molecule has 1 amide bonds. The highest BCUT2D eigenvalue weighted by Gasteiger charge is 2.45. The normalized spacial score (nSPS) is 17.3. The van der Waals surface area contributed by atoms with Gasteiger partial charge in [-0.15, -0.1) is 5.10 Å². The van der Waals surface area contributed by atoms with Crippen LogP contribution in [-0.2, 0) is 16.1 Å². The third-order valence-corrected chi connectivity index (χ3v) is 4.47. The largest absolute Gasteiger partial charge is 0.384 e. The van der Waals surface area contributed by atoms with Gasteiger partial charge < -0.3 is 9.64 Å². The van der Waals surface area contributed by atoms with Gasteiger partial charge in [-0.1, -0.05) is 10.9 Å². The van der Waals surface area contributed by atoms with Crippen molar-refractivity contribution in [3.8, 4) is 0 Å². The molecule has 2 rings (SSSR count). The predicted octanol–water partition coefficient (Wildman–Crippen LogP) is 1.62. The number of ether oxygens (including phenoxy) is 1. The van der Waals surface area contributed by atoms with E-state index in [4.69, 9.17) is 4.74 Å². The molecule has 1 saturated carbocycles. The van der Waals surface area contributed by atoms with Gasteiger partial charge in [-0.05, 0) is 31.3 Å². The number of aromatic nitrogens is 2. The number of amides is 1. The number of nitrogens with zero attached hydrogens (tertiary/aromatic N) is 3. The number of hydrogen-bond acceptors (Lipinski definition) is 5. The van der Waals surface area contributed by atoms with Gasteiger partial charge in [-0.3, -0.25) is 4.79 Å². The maximum absolute atomic E-state index is 12.5. The molecule has 6 heteroatoms. The van der Waals surface area contributed by atoms with Crippen LogP contribution < -0.4 is 0 Å². The first-order valence-corrected chi connectivity index (χ1v) is 6.89. The third-order valence-electron chi connectivity index (χ3n) is 3.66. The molecule has 0 aliphatic heterocycles. The molecule has 0 saturated heterocycles. The van der Waals surface area contributed by atoms with Gasteiger partial charge in [0.05, 0.1) is 29.1 Å². The van der Waals surface area contributed by atoms with E-state index in [0.717, 1.165) is 29.8 Å². The van der Waals surface area contributed by atoms with Gasteiger partial charge in [0.15, 0.2) is 0 Å². The maximum atomic E-state index is 12.5. The summed E-state index contributed by atoms with van der Waals surface area (Å²) in [5.74, 6) is 0.184. The van der Waals surface area contributed by atoms with E-state index in [0.29, 0.717) is 13.2 Å². The van der Waals surface area contributed by atoms with Crippen LogP contribution in [-0.4, -0.2) is 41.2 Å². The number of rotatable bonds is 5. The van der Waals surface area contributed by atoms with Crippen LogP contribution in [0.2, 0.25) is 0 Å². The van der Waals surface area contributed by atoms with Crippen molar-refractivity contribution in [1.29, 1.82) is 0 Å². The van der Waals surface area contributed by atoms with Crippen LogP contribution in [0.5, 0.6) is 0 Å². The van der Waals surface area contributed by atoms with Crippen LogP contribution in [0.4, 0.5) is 0 Å². The fraction of sp³-hybridized carbons (Fsp3) is 0.750. The minimum absolute atomic E-state index is 0.184. The van der Waals surface area contributed by atoms with Crippen molar-refractivity contribution in [3.63, 3.8) is 0 Å². The number of carbonyl (C=O) groups excluding carboxylic acids is 1. The predicted molar refractivity (Wildman–Crippen MR) is 69.3 cm³/mol. The average molecular weight is 269 g/mol. The highest BCUT2D eigenvalue weighted by Crippen LogP contribution is 2.42. The topological polar surface area (TPSA) is 55.3 Å². The third kappa shape index (κ3) is 2.40. The second-order valence-corrected chi connectivity index (χ2v) is 5.85. The monoisotopic (exact) mass is 269 g/mol. The Kier molecular flexibility index (Phi) is 3.97. The standard InChI is InChI=1S/C12H19N3O2S/c1-9-10(18-14-13-9)7-15(2)11(16)12(8-17-3)5-4-6-12/h4-8H2,1-3H3. The molecule has 0 N–H and O–H groups in total. The summed E-state index contributed by atoms with van der Waals surface area (Å²) in [4.78, 5) is 15.3. The smallest absolute Gasteiger partial charge is 0.231 e. The summed E-state index contributed by atoms with van der Waals surface area (Å²) >= 11 is 1.36. The lowest BCUT2D eigenvalue weighted by atomic mass is 9.68. The Balaban J connectivity index is 2.02. The first kappa shape index (κ1) is 13.4. The zero-order chi connectivity index (χ0) is 13.2. The van der Waals surface area contributed by atoms with Gasteiger partial charge in [0.1, 0.15) is 0 Å². The summed E-state index contributed by atoms with van der Waals surface area (Å²) < 4.78 is 9.11. The van der Waals surface area contributed by atoms with E-state index in [9.17, 15) is 4.79 Å². The number of aryl methyl sites for hydroxylation is 1. The van der Waals surface area contributed by atoms with E-state index < -0.39 is 0 Å². The summed E-state index contributed by atoms with van der Waals surface area (Å²) in [7, 11) is 3.50. The molecule has 1 aromatic rings. The van der Waals surface area contributed by atoms with Crippen LogP contribution in [0.3, 0.4) is 0 Å². The Hall–Kier alpha value is -1.01. The molecule has 0 radical (unpaired) electrons. The second-order valence-electron chi connectivity index (χ2n) is 5.01. The summed E-state index contributed by atoms with van der Waals surface area (Å²) in [6.45, 7) is 3.04. The molecule has 1 fully saturated rings. The molecule has 100 valence electrons. The molecular weight excluding hydrogens is 250 g/mol. The van der Waals surface area contributed by atoms with Gasteiger partial charge in [0.2, 0.25) is 5.91 Å². The van der Waals surface area contributed by atoms with Gasteiger partial charge in [-0.25, -0.2) is 0 Å². The van der Waals surface area contributed by atoms with Gasteiger partial charge in [-0.2, -0.15) is 0 Å². The molecule has 0 unspecified atom stereocenters. The van der Waals surface area contributed by atoms with Gasteiger partial charge >= 0.3 is 0 Å². The lowest BCUT2D eigenvalue weighted by Crippen LogP contribution is -2.48. The molecule has 1 aromatic heterocycles. The molecule has 1 heterocycles. The van der Waals surface area contributed by atoms with Crippen LogP contribution in [0.1, 0.15) is 29.8 Å². The van der Waals surface area contributed by atoms with E-state index >= 15 is 0 Å². The Bertz CT molecular complexity index is 429. The number of carbonyl (C=O) groups is 1. The Morgan fingerprint density at radius 1 is 1.56 bits per heavy atom. The van der Waals surface area contributed by atoms with Crippen LogP contribution >= 0.6 is 11.5 Å². The molecule has 5 nitrogen and oxygen atoms in total. The average Bonchev–Trinajstić information content (AvgIpc) is 2.69. The van der Waals surface area contributed by atoms with E-state index in [1.807, 2.05) is 14.0 Å². The van der Waals surface area contributed by atoms with Gasteiger partial charge in [0.25, 0.3) is 0 Å². The molecule has 1 aliphatic carbocycles. The summed E-state index contributed by atoms with van der Waals surface area (Å²) in [5, 5.41) is 3.97. The van der Waals surface area contributed by atoms with E-state index in [-0.39, 0.29) is 11.3 Å². The number of methoxy groups -OCH3 is 1. The van der Waals surface area contributed by atoms with E-state index in [1.165, 1.54) is 11.5 Å². The zero-order valence-electron chi connectivity index (χ0n) is 11.1. The van der Waals surface area contributed by atoms with Crippen LogP contribution in [0.15, 0.2) is 0 Å². The van der Waals surface area contributed by atoms with Crippen LogP contribution in [0, 0.1) is 12.3 Å². The maximum Gasteiger partial charge on any atom is 0.231 e. The van der Waals surface area contributed by atoms with Crippen molar-refractivity contribution in [2.24, 2.45) is 5.41 Å². The first-order chi connectivity index (χ1) is 8.59. The Morgan fingerprint density at radius 3 is 2.72 bits per heavy atom. The second kappa shape index (κ2) is 5.32. The van der Waals surface area contributed by atoms with E-state index in [2.05, 4.69) is 9.59 Å². The van der Waals surface area contributed by atoms with Crippen molar-refractivity contribution in [3.05, 3.63) is 10.6 Å². The molecular formula is C12H19N3O2S. The van der Waals surface area contributed by atoms with Gasteiger partial charge in [0, 0.05) is 14.2 Å².